The third-order valence-electron chi connectivity index (χ3n) is 5.33. The highest BCUT2D eigenvalue weighted by molar-refractivity contribution is 5.99. The van der Waals surface area contributed by atoms with Crippen molar-refractivity contribution >= 4 is 29.9 Å². The molecule has 1 fully saturated rings. The summed E-state index contributed by atoms with van der Waals surface area (Å²) in [5.41, 5.74) is 2.50. The van der Waals surface area contributed by atoms with Crippen LogP contribution in [-0.2, 0) is 11.2 Å². The van der Waals surface area contributed by atoms with Crippen LogP contribution < -0.4 is 10.6 Å². The number of hydrogen-bond acceptors (Lipinski definition) is 3. The first-order chi connectivity index (χ1) is 11.5. The zero-order chi connectivity index (χ0) is 17.1. The summed E-state index contributed by atoms with van der Waals surface area (Å²) in [6.07, 6.45) is 3.78. The van der Waals surface area contributed by atoms with Gasteiger partial charge in [0.2, 0.25) is 5.91 Å². The normalized spacial score (nSPS) is 21.1. The number of amides is 2. The summed E-state index contributed by atoms with van der Waals surface area (Å²) in [6, 6.07) is 5.69. The summed E-state index contributed by atoms with van der Waals surface area (Å²) in [7, 11) is 1.82. The lowest BCUT2D eigenvalue weighted by atomic mass is 9.85. The van der Waals surface area contributed by atoms with Gasteiger partial charge in [-0.15, -0.1) is 12.4 Å². The molecule has 0 aliphatic carbocycles. The van der Waals surface area contributed by atoms with Crippen LogP contribution in [0.25, 0.3) is 0 Å². The Labute approximate surface area is 155 Å². The zero-order valence-electron chi connectivity index (χ0n) is 15.0. The molecule has 2 atom stereocenters. The first-order valence-corrected chi connectivity index (χ1v) is 8.93. The minimum Gasteiger partial charge on any atom is -0.341 e. The maximum Gasteiger partial charge on any atom is 0.253 e. The average Bonchev–Trinajstić information content (AvgIpc) is 2.59. The van der Waals surface area contributed by atoms with Crippen molar-refractivity contribution in [3.8, 4) is 0 Å². The van der Waals surface area contributed by atoms with Gasteiger partial charge in [-0.1, -0.05) is 13.0 Å². The van der Waals surface area contributed by atoms with Crippen molar-refractivity contribution in [2.24, 2.45) is 11.8 Å². The molecular weight excluding hydrogens is 338 g/mol. The molecule has 0 radical (unpaired) electrons. The number of carbonyl (C=O) groups is 2. The Morgan fingerprint density at radius 1 is 1.44 bits per heavy atom. The predicted molar refractivity (Wildman–Crippen MR) is 102 cm³/mol. The molecule has 1 aromatic carbocycles. The smallest absolute Gasteiger partial charge is 0.253 e. The number of likely N-dealkylation sites (N-methyl/N-ethyl adjacent to an activating group) is 1. The van der Waals surface area contributed by atoms with E-state index >= 15 is 0 Å². The molecule has 25 heavy (non-hydrogen) atoms. The highest BCUT2D eigenvalue weighted by atomic mass is 35.5. The summed E-state index contributed by atoms with van der Waals surface area (Å²) in [5, 5.41) is 6.38. The van der Waals surface area contributed by atoms with Gasteiger partial charge in [0.25, 0.3) is 5.91 Å². The second-order valence-corrected chi connectivity index (χ2v) is 7.18. The van der Waals surface area contributed by atoms with E-state index in [4.69, 9.17) is 0 Å². The molecule has 0 aromatic heterocycles. The third kappa shape index (κ3) is 4.73. The van der Waals surface area contributed by atoms with Crippen molar-refractivity contribution < 1.29 is 9.59 Å². The van der Waals surface area contributed by atoms with E-state index in [1.54, 1.807) is 4.90 Å². The van der Waals surface area contributed by atoms with Crippen LogP contribution in [0, 0.1) is 11.8 Å². The molecule has 5 nitrogen and oxygen atoms in total. The van der Waals surface area contributed by atoms with Crippen LogP contribution in [-0.4, -0.2) is 43.4 Å². The fourth-order valence-corrected chi connectivity index (χ4v) is 3.70. The second kappa shape index (κ2) is 8.68. The number of piperidine rings is 1. The maximum absolute atomic E-state index is 12.4. The van der Waals surface area contributed by atoms with Gasteiger partial charge < -0.3 is 15.5 Å². The van der Waals surface area contributed by atoms with Crippen LogP contribution >= 0.6 is 12.4 Å². The molecule has 0 saturated carbocycles. The quantitative estimate of drug-likeness (QED) is 0.862. The van der Waals surface area contributed by atoms with Crippen molar-refractivity contribution in [1.82, 2.24) is 10.2 Å². The van der Waals surface area contributed by atoms with Crippen LogP contribution in [0.3, 0.4) is 0 Å². The Balaban J connectivity index is 0.00000225. The molecule has 1 aromatic rings. The van der Waals surface area contributed by atoms with E-state index in [0.717, 1.165) is 37.3 Å². The van der Waals surface area contributed by atoms with Crippen molar-refractivity contribution in [3.63, 3.8) is 0 Å². The van der Waals surface area contributed by atoms with E-state index in [1.807, 2.05) is 25.2 Å². The van der Waals surface area contributed by atoms with Crippen LogP contribution in [0.2, 0.25) is 0 Å². The fourth-order valence-electron chi connectivity index (χ4n) is 3.70. The fraction of sp³-hybridized carbons (Fsp3) is 0.579. The van der Waals surface area contributed by atoms with Gasteiger partial charge in [0, 0.05) is 31.3 Å². The molecule has 3 rings (SSSR count). The highest BCUT2D eigenvalue weighted by Crippen LogP contribution is 2.25. The van der Waals surface area contributed by atoms with E-state index < -0.39 is 0 Å². The van der Waals surface area contributed by atoms with E-state index in [-0.39, 0.29) is 24.2 Å². The number of hydrogen-bond donors (Lipinski definition) is 2. The van der Waals surface area contributed by atoms with Crippen molar-refractivity contribution in [1.29, 1.82) is 0 Å². The Bertz CT molecular complexity index is 629. The highest BCUT2D eigenvalue weighted by Gasteiger charge is 2.24. The number of anilines is 1. The topological polar surface area (TPSA) is 61.4 Å². The molecule has 2 heterocycles. The Morgan fingerprint density at radius 3 is 2.96 bits per heavy atom. The molecule has 6 heteroatoms. The number of nitrogens with zero attached hydrogens (tertiary/aromatic N) is 1. The van der Waals surface area contributed by atoms with Gasteiger partial charge in [0.1, 0.15) is 0 Å². The number of fused-ring (bicyclic) bond motifs is 1. The van der Waals surface area contributed by atoms with E-state index in [9.17, 15) is 9.59 Å². The zero-order valence-corrected chi connectivity index (χ0v) is 15.8. The van der Waals surface area contributed by atoms with Gasteiger partial charge in [0.05, 0.1) is 0 Å². The van der Waals surface area contributed by atoms with Crippen LogP contribution in [0.5, 0.6) is 0 Å². The summed E-state index contributed by atoms with van der Waals surface area (Å²) in [4.78, 5) is 26.3. The number of nitrogens with one attached hydrogen (secondary N) is 2. The molecule has 2 N–H and O–H groups in total. The standard InChI is InChI=1S/C19H27N3O2.ClH/c1-13(15-4-3-8-20-12-15)10-18(23)21-16-6-5-14-7-9-22(2)19(24)17(14)11-16;/h5-6,11,13,15,20H,3-4,7-10,12H2,1-2H3,(H,21,23);1H. The van der Waals surface area contributed by atoms with Crippen LogP contribution in [0.15, 0.2) is 18.2 Å². The largest absolute Gasteiger partial charge is 0.341 e. The van der Waals surface area contributed by atoms with Gasteiger partial charge in [-0.25, -0.2) is 0 Å². The molecular formula is C19H28ClN3O2. The lowest BCUT2D eigenvalue weighted by Gasteiger charge is -2.28. The van der Waals surface area contributed by atoms with Crippen molar-refractivity contribution in [3.05, 3.63) is 29.3 Å². The Hall–Kier alpha value is -1.59. The van der Waals surface area contributed by atoms with Gasteiger partial charge in [-0.2, -0.15) is 0 Å². The van der Waals surface area contributed by atoms with E-state index in [1.165, 1.54) is 12.8 Å². The van der Waals surface area contributed by atoms with E-state index in [2.05, 4.69) is 17.6 Å². The maximum atomic E-state index is 12.4. The summed E-state index contributed by atoms with van der Waals surface area (Å²) in [6.45, 7) is 5.01. The number of halogens is 1. The SMILES string of the molecule is CC(CC(=O)Nc1ccc2c(c1)C(=O)N(C)CC2)C1CCCNC1.Cl. The van der Waals surface area contributed by atoms with Crippen molar-refractivity contribution in [2.45, 2.75) is 32.6 Å². The molecule has 138 valence electrons. The average molecular weight is 366 g/mol. The first-order valence-electron chi connectivity index (χ1n) is 8.93. The lowest BCUT2D eigenvalue weighted by Crippen LogP contribution is -2.35. The Morgan fingerprint density at radius 2 is 2.24 bits per heavy atom. The van der Waals surface area contributed by atoms with Gasteiger partial charge in [-0.3, -0.25) is 9.59 Å². The molecule has 0 spiro atoms. The molecule has 2 unspecified atom stereocenters. The van der Waals surface area contributed by atoms with Crippen LogP contribution in [0.1, 0.15) is 42.1 Å². The summed E-state index contributed by atoms with van der Waals surface area (Å²) >= 11 is 0. The molecule has 2 amide bonds. The molecule has 1 saturated heterocycles. The van der Waals surface area contributed by atoms with Gasteiger partial charge >= 0.3 is 0 Å². The summed E-state index contributed by atoms with van der Waals surface area (Å²) < 4.78 is 0. The summed E-state index contributed by atoms with van der Waals surface area (Å²) in [5.74, 6) is 1.00. The molecule has 2 aliphatic heterocycles. The molecule has 2 aliphatic rings. The second-order valence-electron chi connectivity index (χ2n) is 7.18. The molecule has 0 bridgehead atoms. The predicted octanol–water partition coefficient (Wildman–Crippen LogP) is 2.70. The van der Waals surface area contributed by atoms with Gasteiger partial charge in [0.15, 0.2) is 0 Å². The Kier molecular flexibility index (Phi) is 6.85. The monoisotopic (exact) mass is 365 g/mol. The number of benzene rings is 1. The number of rotatable bonds is 4. The van der Waals surface area contributed by atoms with Crippen molar-refractivity contribution in [2.75, 3.05) is 32.0 Å². The van der Waals surface area contributed by atoms with Gasteiger partial charge in [-0.05, 0) is 61.9 Å². The van der Waals surface area contributed by atoms with Crippen LogP contribution in [0.4, 0.5) is 5.69 Å². The number of carbonyl (C=O) groups excluding carboxylic acids is 2. The minimum absolute atomic E-state index is 0. The minimum atomic E-state index is 0. The first kappa shape index (κ1) is 19.7. The lowest BCUT2D eigenvalue weighted by molar-refractivity contribution is -0.117. The van der Waals surface area contributed by atoms with E-state index in [0.29, 0.717) is 23.8 Å². The third-order valence-corrected chi connectivity index (χ3v) is 5.33.